The van der Waals surface area contributed by atoms with E-state index in [-0.39, 0.29) is 6.04 Å². The number of nitrogens with zero attached hydrogens (tertiary/aromatic N) is 1. The first kappa shape index (κ1) is 13.6. The second-order valence-electron chi connectivity index (χ2n) is 5.23. The molecule has 0 saturated heterocycles. The molecule has 1 heterocycles. The van der Waals surface area contributed by atoms with Crippen molar-refractivity contribution in [3.8, 4) is 0 Å². The normalized spacial score (nSPS) is 12.4. The van der Waals surface area contributed by atoms with Crippen LogP contribution in [-0.4, -0.2) is 12.0 Å². The summed E-state index contributed by atoms with van der Waals surface area (Å²) in [6.07, 6.45) is 4.40. The summed E-state index contributed by atoms with van der Waals surface area (Å²) in [5.41, 5.74) is 9.16. The van der Waals surface area contributed by atoms with Crippen LogP contribution >= 0.6 is 0 Å². The van der Waals surface area contributed by atoms with Crippen LogP contribution in [0.15, 0.2) is 60.9 Å². The average Bonchev–Trinajstić information content (AvgIpc) is 2.54. The highest BCUT2D eigenvalue weighted by Crippen LogP contribution is 2.24. The number of likely N-dealkylation sites (N-methyl/N-ethyl adjacent to an activating group) is 1. The van der Waals surface area contributed by atoms with Crippen LogP contribution in [0.3, 0.4) is 0 Å². The van der Waals surface area contributed by atoms with Gasteiger partial charge in [0, 0.05) is 24.1 Å². The molecule has 3 heteroatoms. The molecule has 1 unspecified atom stereocenters. The Labute approximate surface area is 124 Å². The Morgan fingerprint density at radius 3 is 2.67 bits per heavy atom. The van der Waals surface area contributed by atoms with Gasteiger partial charge in [-0.1, -0.05) is 36.4 Å². The van der Waals surface area contributed by atoms with E-state index >= 15 is 0 Å². The van der Waals surface area contributed by atoms with E-state index in [0.29, 0.717) is 0 Å². The average molecular weight is 277 g/mol. The smallest absolute Gasteiger partial charge is 0.0378 e. The second kappa shape index (κ2) is 5.94. The summed E-state index contributed by atoms with van der Waals surface area (Å²) in [6.45, 7) is 0. The van der Waals surface area contributed by atoms with E-state index in [1.54, 1.807) is 6.20 Å². The number of nitrogens with two attached hydrogens (primary N) is 1. The number of rotatable bonds is 4. The quantitative estimate of drug-likeness (QED) is 0.769. The Balaban J connectivity index is 1.93. The van der Waals surface area contributed by atoms with Crippen LogP contribution in [0, 0.1) is 0 Å². The molecule has 0 spiro atoms. The molecular weight excluding hydrogens is 258 g/mol. The lowest BCUT2D eigenvalue weighted by molar-refractivity contribution is 0.592. The summed E-state index contributed by atoms with van der Waals surface area (Å²) in [6, 6.07) is 17.1. The van der Waals surface area contributed by atoms with Gasteiger partial charge in [0.25, 0.3) is 0 Å². The van der Waals surface area contributed by atoms with Crippen molar-refractivity contribution >= 4 is 16.5 Å². The largest absolute Gasteiger partial charge is 0.398 e. The van der Waals surface area contributed by atoms with Crippen molar-refractivity contribution in [3.05, 3.63) is 72.1 Å². The molecule has 0 bridgehead atoms. The zero-order valence-electron chi connectivity index (χ0n) is 12.1. The minimum Gasteiger partial charge on any atom is -0.398 e. The van der Waals surface area contributed by atoms with Gasteiger partial charge < -0.3 is 11.1 Å². The molecule has 3 aromatic rings. The van der Waals surface area contributed by atoms with Crippen LogP contribution in [0.4, 0.5) is 5.69 Å². The van der Waals surface area contributed by atoms with Gasteiger partial charge in [-0.2, -0.15) is 0 Å². The maximum atomic E-state index is 6.02. The molecular formula is C18H19N3. The fourth-order valence-electron chi connectivity index (χ4n) is 2.64. The fourth-order valence-corrected chi connectivity index (χ4v) is 2.64. The Hall–Kier alpha value is -2.39. The first-order valence-electron chi connectivity index (χ1n) is 7.12. The monoisotopic (exact) mass is 277 g/mol. The van der Waals surface area contributed by atoms with Crippen molar-refractivity contribution in [2.45, 2.75) is 12.5 Å². The second-order valence-corrected chi connectivity index (χ2v) is 5.23. The third-order valence-corrected chi connectivity index (χ3v) is 3.89. The lowest BCUT2D eigenvalue weighted by Gasteiger charge is -2.18. The highest BCUT2D eigenvalue weighted by Gasteiger charge is 2.12. The van der Waals surface area contributed by atoms with E-state index in [1.165, 1.54) is 16.3 Å². The number of aromatic nitrogens is 1. The highest BCUT2D eigenvalue weighted by molar-refractivity contribution is 5.83. The molecule has 0 amide bonds. The number of nitrogens with one attached hydrogen (secondary N) is 1. The summed E-state index contributed by atoms with van der Waals surface area (Å²) in [5.74, 6) is 0. The minimum absolute atomic E-state index is 0.223. The van der Waals surface area contributed by atoms with Crippen molar-refractivity contribution in [1.29, 1.82) is 0 Å². The maximum absolute atomic E-state index is 6.02. The van der Waals surface area contributed by atoms with E-state index in [2.05, 4.69) is 52.8 Å². The van der Waals surface area contributed by atoms with Crippen LogP contribution in [0.2, 0.25) is 0 Å². The van der Waals surface area contributed by atoms with Crippen molar-refractivity contribution in [2.75, 3.05) is 12.8 Å². The van der Waals surface area contributed by atoms with Gasteiger partial charge in [-0.25, -0.2) is 0 Å². The van der Waals surface area contributed by atoms with E-state index in [1.807, 2.05) is 19.3 Å². The lowest BCUT2D eigenvalue weighted by atomic mass is 9.97. The number of hydrogen-bond donors (Lipinski definition) is 2. The van der Waals surface area contributed by atoms with E-state index in [9.17, 15) is 0 Å². The molecule has 0 aliphatic rings. The first-order valence-corrected chi connectivity index (χ1v) is 7.12. The molecule has 3 nitrogen and oxygen atoms in total. The third kappa shape index (κ3) is 2.88. The van der Waals surface area contributed by atoms with E-state index < -0.39 is 0 Å². The van der Waals surface area contributed by atoms with Crippen molar-refractivity contribution in [2.24, 2.45) is 0 Å². The Bertz CT molecular complexity index is 752. The van der Waals surface area contributed by atoms with Gasteiger partial charge in [-0.3, -0.25) is 4.98 Å². The van der Waals surface area contributed by atoms with Gasteiger partial charge in [0.2, 0.25) is 0 Å². The summed E-state index contributed by atoms with van der Waals surface area (Å²) in [7, 11) is 1.98. The molecule has 0 aliphatic heterocycles. The number of fused-ring (bicyclic) bond motifs is 1. The Kier molecular flexibility index (Phi) is 3.84. The summed E-state index contributed by atoms with van der Waals surface area (Å²) in [5, 5.41) is 5.90. The molecule has 1 atom stereocenters. The molecule has 1 aromatic heterocycles. The van der Waals surface area contributed by atoms with Gasteiger partial charge in [-0.15, -0.1) is 0 Å². The number of benzene rings is 2. The molecule has 0 aliphatic carbocycles. The SMILES string of the molecule is CNC(Cc1cnccc1N)c1ccc2ccccc2c1. The summed E-state index contributed by atoms with van der Waals surface area (Å²) in [4.78, 5) is 4.17. The van der Waals surface area contributed by atoms with Gasteiger partial charge in [0.05, 0.1) is 0 Å². The van der Waals surface area contributed by atoms with Crippen LogP contribution in [0.5, 0.6) is 0 Å². The predicted octanol–water partition coefficient (Wildman–Crippen LogP) is 3.32. The topological polar surface area (TPSA) is 50.9 Å². The molecule has 21 heavy (non-hydrogen) atoms. The molecule has 0 fully saturated rings. The predicted molar refractivity (Wildman–Crippen MR) is 88.1 cm³/mol. The summed E-state index contributed by atoms with van der Waals surface area (Å²) >= 11 is 0. The number of anilines is 1. The minimum atomic E-state index is 0.223. The van der Waals surface area contributed by atoms with Crippen LogP contribution < -0.4 is 11.1 Å². The number of nitrogen functional groups attached to an aromatic ring is 1. The van der Waals surface area contributed by atoms with Crippen LogP contribution in [0.1, 0.15) is 17.2 Å². The van der Waals surface area contributed by atoms with Crippen LogP contribution in [0.25, 0.3) is 10.8 Å². The molecule has 2 aromatic carbocycles. The summed E-state index contributed by atoms with van der Waals surface area (Å²) < 4.78 is 0. The van der Waals surface area contributed by atoms with Gasteiger partial charge in [0.15, 0.2) is 0 Å². The Morgan fingerprint density at radius 1 is 1.10 bits per heavy atom. The van der Waals surface area contributed by atoms with Gasteiger partial charge >= 0.3 is 0 Å². The van der Waals surface area contributed by atoms with E-state index in [0.717, 1.165) is 17.7 Å². The van der Waals surface area contributed by atoms with Gasteiger partial charge in [0.1, 0.15) is 0 Å². The third-order valence-electron chi connectivity index (χ3n) is 3.89. The molecule has 0 radical (unpaired) electrons. The zero-order valence-corrected chi connectivity index (χ0v) is 12.1. The van der Waals surface area contributed by atoms with Crippen LogP contribution in [-0.2, 0) is 6.42 Å². The highest BCUT2D eigenvalue weighted by atomic mass is 14.9. The van der Waals surface area contributed by atoms with E-state index in [4.69, 9.17) is 5.73 Å². The molecule has 106 valence electrons. The van der Waals surface area contributed by atoms with Crippen molar-refractivity contribution in [1.82, 2.24) is 10.3 Å². The van der Waals surface area contributed by atoms with Crippen molar-refractivity contribution < 1.29 is 0 Å². The molecule has 3 N–H and O–H groups in total. The molecule has 0 saturated carbocycles. The molecule has 3 rings (SSSR count). The number of pyridine rings is 1. The zero-order chi connectivity index (χ0) is 14.7. The maximum Gasteiger partial charge on any atom is 0.0378 e. The van der Waals surface area contributed by atoms with Gasteiger partial charge in [-0.05, 0) is 47.5 Å². The Morgan fingerprint density at radius 2 is 1.90 bits per heavy atom. The number of hydrogen-bond acceptors (Lipinski definition) is 3. The standard InChI is InChI=1S/C18H19N3/c1-20-18(11-16-12-21-9-8-17(16)19)15-7-6-13-4-2-3-5-14(13)10-15/h2-10,12,18,20H,11H2,1H3,(H2,19,21). The lowest BCUT2D eigenvalue weighted by Crippen LogP contribution is -2.19. The van der Waals surface area contributed by atoms with Crippen molar-refractivity contribution in [3.63, 3.8) is 0 Å². The first-order chi connectivity index (χ1) is 10.3. The fraction of sp³-hybridized carbons (Fsp3) is 0.167.